The fourth-order valence-electron chi connectivity index (χ4n) is 2.19. The summed E-state index contributed by atoms with van der Waals surface area (Å²) in [6.07, 6.45) is -4.48. The maximum Gasteiger partial charge on any atom is 0.391 e. The second kappa shape index (κ2) is 4.61. The number of hydrogen-bond donors (Lipinski definition) is 2. The molecule has 0 aliphatic heterocycles. The molecule has 0 aromatic carbocycles. The van der Waals surface area contributed by atoms with Crippen LogP contribution in [-0.2, 0) is 4.79 Å². The summed E-state index contributed by atoms with van der Waals surface area (Å²) in [5, 5.41) is 18.3. The van der Waals surface area contributed by atoms with Crippen LogP contribution in [0.2, 0.25) is 0 Å². The van der Waals surface area contributed by atoms with E-state index in [1.165, 1.54) is 0 Å². The summed E-state index contributed by atoms with van der Waals surface area (Å²) in [5.74, 6) is -2.59. The Kier molecular flexibility index (Phi) is 3.83. The fraction of sp³-hybridized carbons (Fsp3) is 0.900. The van der Waals surface area contributed by atoms with Gasteiger partial charge >= 0.3 is 12.1 Å². The van der Waals surface area contributed by atoms with E-state index in [0.29, 0.717) is 6.42 Å². The number of hydrogen-bond acceptors (Lipinski definition) is 2. The van der Waals surface area contributed by atoms with E-state index >= 15 is 0 Å². The lowest BCUT2D eigenvalue weighted by Crippen LogP contribution is -2.40. The first-order chi connectivity index (χ1) is 7.23. The Morgan fingerprint density at radius 2 is 2.06 bits per heavy atom. The average molecular weight is 240 g/mol. The van der Waals surface area contributed by atoms with Crippen molar-refractivity contribution < 1.29 is 28.2 Å². The Bertz CT molecular complexity index is 265. The van der Waals surface area contributed by atoms with Crippen LogP contribution in [0, 0.1) is 5.92 Å². The van der Waals surface area contributed by atoms with E-state index in [4.69, 9.17) is 5.11 Å². The number of carboxylic acid groups (broad SMARTS) is 1. The Labute approximate surface area is 91.3 Å². The monoisotopic (exact) mass is 240 g/mol. The molecule has 2 unspecified atom stereocenters. The van der Waals surface area contributed by atoms with Crippen LogP contribution in [-0.4, -0.2) is 28.0 Å². The Morgan fingerprint density at radius 3 is 2.56 bits per heavy atom. The highest BCUT2D eigenvalue weighted by Gasteiger charge is 2.46. The highest BCUT2D eigenvalue weighted by atomic mass is 19.4. The number of carbonyl (C=O) groups is 1. The molecule has 0 amide bonds. The lowest BCUT2D eigenvalue weighted by Gasteiger charge is -2.37. The van der Waals surface area contributed by atoms with Gasteiger partial charge in [-0.1, -0.05) is 0 Å². The first kappa shape index (κ1) is 13.3. The molecule has 0 bridgehead atoms. The summed E-state index contributed by atoms with van der Waals surface area (Å²) in [6.45, 7) is 0. The predicted octanol–water partition coefficient (Wildman–Crippen LogP) is 2.33. The summed E-state index contributed by atoms with van der Waals surface area (Å²) in [7, 11) is 0. The van der Waals surface area contributed by atoms with Crippen molar-refractivity contribution in [2.45, 2.75) is 50.3 Å². The number of aliphatic carboxylic acids is 1. The zero-order chi connectivity index (χ0) is 12.4. The molecule has 1 fully saturated rings. The van der Waals surface area contributed by atoms with E-state index in [1.54, 1.807) is 0 Å². The van der Waals surface area contributed by atoms with E-state index in [-0.39, 0.29) is 32.1 Å². The lowest BCUT2D eigenvalue weighted by molar-refractivity contribution is -0.201. The first-order valence-corrected chi connectivity index (χ1v) is 5.24. The van der Waals surface area contributed by atoms with Gasteiger partial charge in [-0.25, -0.2) is 0 Å². The summed E-state index contributed by atoms with van der Waals surface area (Å²) >= 11 is 0. The fourth-order valence-corrected chi connectivity index (χ4v) is 2.19. The molecule has 0 saturated heterocycles. The number of carboxylic acids is 1. The molecule has 1 rings (SSSR count). The van der Waals surface area contributed by atoms with Gasteiger partial charge in [0.2, 0.25) is 0 Å². The molecule has 0 aromatic heterocycles. The molecule has 0 spiro atoms. The van der Waals surface area contributed by atoms with Crippen LogP contribution in [0.4, 0.5) is 13.2 Å². The van der Waals surface area contributed by atoms with Crippen LogP contribution < -0.4 is 0 Å². The maximum atomic E-state index is 12.5. The zero-order valence-corrected chi connectivity index (χ0v) is 8.76. The number of halogens is 3. The molecule has 1 aliphatic carbocycles. The summed E-state index contributed by atoms with van der Waals surface area (Å²) < 4.78 is 37.4. The van der Waals surface area contributed by atoms with E-state index in [1.807, 2.05) is 0 Å². The molecule has 3 nitrogen and oxygen atoms in total. The summed E-state index contributed by atoms with van der Waals surface area (Å²) in [5.41, 5.74) is -1.46. The van der Waals surface area contributed by atoms with Crippen LogP contribution in [0.15, 0.2) is 0 Å². The summed E-state index contributed by atoms with van der Waals surface area (Å²) in [4.78, 5) is 10.3. The molecule has 6 heteroatoms. The van der Waals surface area contributed by atoms with Crippen molar-refractivity contribution in [2.24, 2.45) is 5.92 Å². The van der Waals surface area contributed by atoms with Gasteiger partial charge in [-0.3, -0.25) is 4.79 Å². The number of rotatable bonds is 3. The van der Waals surface area contributed by atoms with Crippen LogP contribution in [0.25, 0.3) is 0 Å². The first-order valence-electron chi connectivity index (χ1n) is 5.24. The average Bonchev–Trinajstić information content (AvgIpc) is 2.14. The van der Waals surface area contributed by atoms with E-state index in [9.17, 15) is 23.1 Å². The molecule has 0 radical (unpaired) electrons. The van der Waals surface area contributed by atoms with Gasteiger partial charge in [0, 0.05) is 6.42 Å². The molecule has 16 heavy (non-hydrogen) atoms. The molecule has 0 heterocycles. The van der Waals surface area contributed by atoms with Crippen LogP contribution in [0.1, 0.15) is 38.5 Å². The van der Waals surface area contributed by atoms with Crippen molar-refractivity contribution in [2.75, 3.05) is 0 Å². The Balaban J connectivity index is 2.57. The molecule has 2 N–H and O–H groups in total. The van der Waals surface area contributed by atoms with Crippen molar-refractivity contribution >= 4 is 5.97 Å². The summed E-state index contributed by atoms with van der Waals surface area (Å²) in [6, 6.07) is 0. The highest BCUT2D eigenvalue weighted by molar-refractivity contribution is 5.66. The van der Waals surface area contributed by atoms with Gasteiger partial charge in [-0.2, -0.15) is 13.2 Å². The SMILES string of the molecule is O=C(O)CCC1(O)CCCC(C(F)(F)F)C1. The van der Waals surface area contributed by atoms with E-state index in [2.05, 4.69) is 0 Å². The minimum absolute atomic E-state index is 0.0267. The minimum atomic E-state index is -4.29. The van der Waals surface area contributed by atoms with Crippen molar-refractivity contribution in [3.05, 3.63) is 0 Å². The Hall–Kier alpha value is -0.780. The minimum Gasteiger partial charge on any atom is -0.481 e. The van der Waals surface area contributed by atoms with Gasteiger partial charge in [-0.05, 0) is 32.1 Å². The van der Waals surface area contributed by atoms with Gasteiger partial charge in [0.05, 0.1) is 11.5 Å². The largest absolute Gasteiger partial charge is 0.481 e. The lowest BCUT2D eigenvalue weighted by atomic mass is 9.75. The molecule has 0 aromatic rings. The van der Waals surface area contributed by atoms with E-state index < -0.39 is 23.7 Å². The number of alkyl halides is 3. The van der Waals surface area contributed by atoms with Gasteiger partial charge < -0.3 is 10.2 Å². The molecule has 2 atom stereocenters. The quantitative estimate of drug-likeness (QED) is 0.796. The smallest absolute Gasteiger partial charge is 0.391 e. The predicted molar refractivity (Wildman–Crippen MR) is 49.8 cm³/mol. The maximum absolute atomic E-state index is 12.5. The normalized spacial score (nSPS) is 31.4. The van der Waals surface area contributed by atoms with Crippen molar-refractivity contribution in [3.8, 4) is 0 Å². The molecule has 1 saturated carbocycles. The van der Waals surface area contributed by atoms with Gasteiger partial charge in [0.1, 0.15) is 0 Å². The van der Waals surface area contributed by atoms with Crippen molar-refractivity contribution in [3.63, 3.8) is 0 Å². The van der Waals surface area contributed by atoms with Crippen LogP contribution in [0.5, 0.6) is 0 Å². The van der Waals surface area contributed by atoms with Gasteiger partial charge in [0.15, 0.2) is 0 Å². The van der Waals surface area contributed by atoms with Crippen molar-refractivity contribution in [1.82, 2.24) is 0 Å². The standard InChI is InChI=1S/C10H15F3O3/c11-10(12,13)7-2-1-4-9(16,6-7)5-3-8(14)15/h7,16H,1-6H2,(H,14,15). The van der Waals surface area contributed by atoms with Crippen molar-refractivity contribution in [1.29, 1.82) is 0 Å². The second-order valence-corrected chi connectivity index (χ2v) is 4.45. The zero-order valence-electron chi connectivity index (χ0n) is 8.76. The third-order valence-corrected chi connectivity index (χ3v) is 3.09. The molecule has 94 valence electrons. The van der Waals surface area contributed by atoms with Crippen LogP contribution in [0.3, 0.4) is 0 Å². The topological polar surface area (TPSA) is 57.5 Å². The molecular formula is C10H15F3O3. The molecule has 1 aliphatic rings. The highest BCUT2D eigenvalue weighted by Crippen LogP contribution is 2.43. The van der Waals surface area contributed by atoms with Gasteiger partial charge in [0.25, 0.3) is 0 Å². The second-order valence-electron chi connectivity index (χ2n) is 4.45. The third kappa shape index (κ3) is 3.66. The Morgan fingerprint density at radius 1 is 1.44 bits per heavy atom. The number of aliphatic hydroxyl groups is 1. The van der Waals surface area contributed by atoms with Crippen LogP contribution >= 0.6 is 0 Å². The third-order valence-electron chi connectivity index (χ3n) is 3.09. The van der Waals surface area contributed by atoms with Gasteiger partial charge in [-0.15, -0.1) is 0 Å². The molecular weight excluding hydrogens is 225 g/mol. The van der Waals surface area contributed by atoms with E-state index in [0.717, 1.165) is 0 Å².